The number of alkyl halides is 1. The third-order valence-corrected chi connectivity index (χ3v) is 3.85. The summed E-state index contributed by atoms with van der Waals surface area (Å²) in [7, 11) is 0. The molecule has 2 unspecified atom stereocenters. The Kier molecular flexibility index (Phi) is 5.22. The minimum atomic E-state index is -0.164. The molecule has 0 bridgehead atoms. The maximum absolute atomic E-state index is 6.35. The van der Waals surface area contributed by atoms with Gasteiger partial charge in [-0.25, -0.2) is 9.97 Å². The molecule has 0 amide bonds. The van der Waals surface area contributed by atoms with Gasteiger partial charge < -0.3 is 9.30 Å². The van der Waals surface area contributed by atoms with Gasteiger partial charge in [0.15, 0.2) is 5.65 Å². The first-order valence-electron chi connectivity index (χ1n) is 7.53. The van der Waals surface area contributed by atoms with Crippen LogP contribution in [0.3, 0.4) is 0 Å². The molecular weight excluding hydrogens is 286 g/mol. The van der Waals surface area contributed by atoms with Crippen molar-refractivity contribution in [2.24, 2.45) is 5.92 Å². The molecule has 0 spiro atoms. The van der Waals surface area contributed by atoms with E-state index in [9.17, 15) is 0 Å². The molecule has 0 aliphatic rings. The second-order valence-electron chi connectivity index (χ2n) is 5.72. The predicted molar refractivity (Wildman–Crippen MR) is 86.9 cm³/mol. The number of nitrogens with zero attached hydrogens (tertiary/aromatic N) is 3. The third-order valence-electron chi connectivity index (χ3n) is 3.65. The van der Waals surface area contributed by atoms with Gasteiger partial charge >= 0.3 is 0 Å². The monoisotopic (exact) mass is 309 g/mol. The number of pyridine rings is 1. The van der Waals surface area contributed by atoms with Crippen molar-refractivity contribution in [1.82, 2.24) is 14.5 Å². The van der Waals surface area contributed by atoms with E-state index in [1.165, 1.54) is 0 Å². The van der Waals surface area contributed by atoms with E-state index in [0.29, 0.717) is 19.1 Å². The predicted octanol–water partition coefficient (Wildman–Crippen LogP) is 4.27. The first-order valence-corrected chi connectivity index (χ1v) is 7.96. The summed E-state index contributed by atoms with van der Waals surface area (Å²) in [4.78, 5) is 9.35. The van der Waals surface area contributed by atoms with Gasteiger partial charge in [0.25, 0.3) is 0 Å². The largest absolute Gasteiger partial charge is 0.380 e. The van der Waals surface area contributed by atoms with Crippen LogP contribution in [0.1, 0.15) is 50.6 Å². The molecule has 0 saturated carbocycles. The van der Waals surface area contributed by atoms with E-state index in [1.54, 1.807) is 0 Å². The first kappa shape index (κ1) is 16.2. The standard InChI is InChI=1S/C16H24ClN3O/c1-6-21-9-14(10(2)3)20-15(12(5)17)19-13-8-7-11(4)18-16(13)20/h7-8,10,12,14H,6,9H2,1-5H3. The highest BCUT2D eigenvalue weighted by molar-refractivity contribution is 6.20. The quantitative estimate of drug-likeness (QED) is 0.748. The van der Waals surface area contributed by atoms with Crippen LogP contribution in [0.5, 0.6) is 0 Å². The minimum absolute atomic E-state index is 0.164. The van der Waals surface area contributed by atoms with E-state index in [0.717, 1.165) is 22.7 Å². The number of hydrogen-bond donors (Lipinski definition) is 0. The smallest absolute Gasteiger partial charge is 0.160 e. The van der Waals surface area contributed by atoms with Crippen LogP contribution in [0.2, 0.25) is 0 Å². The molecule has 0 radical (unpaired) electrons. The minimum Gasteiger partial charge on any atom is -0.380 e. The number of hydrogen-bond acceptors (Lipinski definition) is 3. The summed E-state index contributed by atoms with van der Waals surface area (Å²) in [5.74, 6) is 1.27. The van der Waals surface area contributed by atoms with E-state index in [2.05, 4.69) is 28.4 Å². The molecule has 0 fully saturated rings. The SMILES string of the molecule is CCOCC(C(C)C)n1c(C(C)Cl)nc2ccc(C)nc21. The van der Waals surface area contributed by atoms with Gasteiger partial charge in [-0.3, -0.25) is 0 Å². The molecule has 2 rings (SSSR count). The lowest BCUT2D eigenvalue weighted by Gasteiger charge is -2.25. The number of aryl methyl sites for hydroxylation is 1. The van der Waals surface area contributed by atoms with Crippen LogP contribution in [0.15, 0.2) is 12.1 Å². The highest BCUT2D eigenvalue weighted by Gasteiger charge is 2.25. The molecule has 2 aromatic heterocycles. The first-order chi connectivity index (χ1) is 9.95. The van der Waals surface area contributed by atoms with Crippen LogP contribution in [0, 0.1) is 12.8 Å². The zero-order chi connectivity index (χ0) is 15.6. The Labute approximate surface area is 131 Å². The molecule has 2 atom stereocenters. The average Bonchev–Trinajstić information content (AvgIpc) is 2.78. The molecule has 0 aromatic carbocycles. The summed E-state index contributed by atoms with van der Waals surface area (Å²) < 4.78 is 7.84. The molecular formula is C16H24ClN3O. The maximum Gasteiger partial charge on any atom is 0.160 e. The highest BCUT2D eigenvalue weighted by atomic mass is 35.5. The fraction of sp³-hybridized carbons (Fsp3) is 0.625. The highest BCUT2D eigenvalue weighted by Crippen LogP contribution is 2.30. The molecule has 116 valence electrons. The number of aromatic nitrogens is 3. The van der Waals surface area contributed by atoms with Gasteiger partial charge in [-0.15, -0.1) is 11.6 Å². The van der Waals surface area contributed by atoms with Crippen LogP contribution in [0.25, 0.3) is 11.2 Å². The van der Waals surface area contributed by atoms with Crippen LogP contribution in [-0.4, -0.2) is 27.7 Å². The summed E-state index contributed by atoms with van der Waals surface area (Å²) in [6.45, 7) is 11.7. The molecule has 0 aliphatic carbocycles. The number of imidazole rings is 1. The Balaban J connectivity index is 2.61. The zero-order valence-corrected chi connectivity index (χ0v) is 14.2. The number of ether oxygens (including phenoxy) is 1. The normalized spacial score (nSPS) is 14.8. The Hall–Kier alpha value is -1.13. The van der Waals surface area contributed by atoms with E-state index in [1.807, 2.05) is 32.9 Å². The van der Waals surface area contributed by atoms with Crippen molar-refractivity contribution in [3.8, 4) is 0 Å². The lowest BCUT2D eigenvalue weighted by molar-refractivity contribution is 0.0966. The fourth-order valence-corrected chi connectivity index (χ4v) is 2.65. The van der Waals surface area contributed by atoms with Gasteiger partial charge in [-0.1, -0.05) is 13.8 Å². The van der Waals surface area contributed by atoms with E-state index in [-0.39, 0.29) is 11.4 Å². The van der Waals surface area contributed by atoms with Crippen molar-refractivity contribution < 1.29 is 4.74 Å². The second kappa shape index (κ2) is 6.75. The van der Waals surface area contributed by atoms with Crippen molar-refractivity contribution in [2.45, 2.75) is 46.0 Å². The second-order valence-corrected chi connectivity index (χ2v) is 6.38. The van der Waals surface area contributed by atoms with Gasteiger partial charge in [-0.2, -0.15) is 0 Å². The molecule has 21 heavy (non-hydrogen) atoms. The average molecular weight is 310 g/mol. The molecule has 0 saturated heterocycles. The van der Waals surface area contributed by atoms with Crippen molar-refractivity contribution in [1.29, 1.82) is 0 Å². The zero-order valence-electron chi connectivity index (χ0n) is 13.4. The Morgan fingerprint density at radius 2 is 1.95 bits per heavy atom. The van der Waals surface area contributed by atoms with Crippen LogP contribution < -0.4 is 0 Å². The number of halogens is 1. The Morgan fingerprint density at radius 3 is 2.52 bits per heavy atom. The topological polar surface area (TPSA) is 39.9 Å². The van der Waals surface area contributed by atoms with Crippen LogP contribution in [-0.2, 0) is 4.74 Å². The fourth-order valence-electron chi connectivity index (χ4n) is 2.50. The summed E-state index contributed by atoms with van der Waals surface area (Å²) in [5.41, 5.74) is 2.78. The summed E-state index contributed by atoms with van der Waals surface area (Å²) >= 11 is 6.35. The maximum atomic E-state index is 6.35. The van der Waals surface area contributed by atoms with Gasteiger partial charge in [0.1, 0.15) is 11.3 Å². The third kappa shape index (κ3) is 3.38. The Bertz CT molecular complexity index is 607. The Morgan fingerprint density at radius 1 is 1.24 bits per heavy atom. The number of rotatable bonds is 6. The van der Waals surface area contributed by atoms with Gasteiger partial charge in [0, 0.05) is 12.3 Å². The van der Waals surface area contributed by atoms with E-state index < -0.39 is 0 Å². The van der Waals surface area contributed by atoms with Crippen molar-refractivity contribution >= 4 is 22.8 Å². The molecule has 2 aromatic rings. The van der Waals surface area contributed by atoms with Gasteiger partial charge in [-0.05, 0) is 38.8 Å². The van der Waals surface area contributed by atoms with E-state index >= 15 is 0 Å². The van der Waals surface area contributed by atoms with Gasteiger partial charge in [0.05, 0.1) is 18.0 Å². The van der Waals surface area contributed by atoms with Crippen molar-refractivity contribution in [3.63, 3.8) is 0 Å². The van der Waals surface area contributed by atoms with E-state index in [4.69, 9.17) is 16.3 Å². The lowest BCUT2D eigenvalue weighted by atomic mass is 10.0. The molecule has 0 N–H and O–H groups in total. The van der Waals surface area contributed by atoms with Gasteiger partial charge in [0.2, 0.25) is 0 Å². The summed E-state index contributed by atoms with van der Waals surface area (Å²) in [6.07, 6.45) is 0. The lowest BCUT2D eigenvalue weighted by Crippen LogP contribution is -2.23. The summed E-state index contributed by atoms with van der Waals surface area (Å²) in [5, 5.41) is -0.164. The number of fused-ring (bicyclic) bond motifs is 1. The molecule has 2 heterocycles. The molecule has 5 heteroatoms. The van der Waals surface area contributed by atoms with Crippen LogP contribution >= 0.6 is 11.6 Å². The molecule has 4 nitrogen and oxygen atoms in total. The van der Waals surface area contributed by atoms with Crippen molar-refractivity contribution in [2.75, 3.05) is 13.2 Å². The molecule has 0 aliphatic heterocycles. The van der Waals surface area contributed by atoms with Crippen LogP contribution in [0.4, 0.5) is 0 Å². The van der Waals surface area contributed by atoms with Crippen molar-refractivity contribution in [3.05, 3.63) is 23.7 Å². The summed E-state index contributed by atoms with van der Waals surface area (Å²) in [6, 6.07) is 4.17.